The van der Waals surface area contributed by atoms with Crippen LogP contribution < -0.4 is 14.8 Å². The molecule has 0 amide bonds. The van der Waals surface area contributed by atoms with Crippen molar-refractivity contribution in [1.29, 1.82) is 0 Å². The molecule has 174 valence electrons. The largest absolute Gasteiger partial charge is 0.493 e. The van der Waals surface area contributed by atoms with Crippen molar-refractivity contribution in [2.75, 3.05) is 20.8 Å². The van der Waals surface area contributed by atoms with Gasteiger partial charge in [-0.25, -0.2) is 4.79 Å². The number of Topliss-reactive ketones (excluding diaryl/α,β-unsaturated/α-hetero) is 1. The molecule has 0 radical (unpaired) electrons. The molecule has 1 heterocycles. The van der Waals surface area contributed by atoms with Gasteiger partial charge < -0.3 is 19.5 Å². The number of carbonyl (C=O) groups excluding carboxylic acids is 2. The third-order valence-electron chi connectivity index (χ3n) is 6.19. The van der Waals surface area contributed by atoms with Gasteiger partial charge >= 0.3 is 5.97 Å². The monoisotopic (exact) mass is 441 g/mol. The lowest BCUT2D eigenvalue weighted by atomic mass is 9.68. The highest BCUT2D eigenvalue weighted by atomic mass is 16.5. The number of methoxy groups -OCH3 is 2. The SMILES string of the molecule is CCCCCOC(=O)C1=C(C)NC2=C(C(=O)CC(C)(C)C2)[C@H]1c1cccc(OC)c1OC. The van der Waals surface area contributed by atoms with Gasteiger partial charge in [-0.05, 0) is 31.2 Å². The topological polar surface area (TPSA) is 73.9 Å². The van der Waals surface area contributed by atoms with Crippen molar-refractivity contribution in [2.45, 2.75) is 65.7 Å². The van der Waals surface area contributed by atoms with E-state index in [1.54, 1.807) is 14.2 Å². The number of nitrogens with one attached hydrogen (secondary N) is 1. The third-order valence-corrected chi connectivity index (χ3v) is 6.19. The summed E-state index contributed by atoms with van der Waals surface area (Å²) in [6, 6.07) is 5.56. The smallest absolute Gasteiger partial charge is 0.336 e. The van der Waals surface area contributed by atoms with Gasteiger partial charge in [0, 0.05) is 29.0 Å². The second kappa shape index (κ2) is 9.80. The second-order valence-corrected chi connectivity index (χ2v) is 9.36. The molecule has 32 heavy (non-hydrogen) atoms. The van der Waals surface area contributed by atoms with Crippen LogP contribution in [0.5, 0.6) is 11.5 Å². The summed E-state index contributed by atoms with van der Waals surface area (Å²) in [5.41, 5.74) is 3.26. The van der Waals surface area contributed by atoms with Gasteiger partial charge in [-0.15, -0.1) is 0 Å². The first-order valence-corrected chi connectivity index (χ1v) is 11.4. The number of unbranched alkanes of at least 4 members (excludes halogenated alkanes) is 2. The zero-order valence-corrected chi connectivity index (χ0v) is 20.1. The lowest BCUT2D eigenvalue weighted by Gasteiger charge is -2.39. The van der Waals surface area contributed by atoms with E-state index in [9.17, 15) is 9.59 Å². The van der Waals surface area contributed by atoms with Gasteiger partial charge in [0.1, 0.15) is 0 Å². The number of hydrogen-bond acceptors (Lipinski definition) is 6. The number of hydrogen-bond donors (Lipinski definition) is 1. The minimum Gasteiger partial charge on any atom is -0.493 e. The molecule has 0 aromatic heterocycles. The van der Waals surface area contributed by atoms with E-state index in [1.807, 2.05) is 25.1 Å². The van der Waals surface area contributed by atoms with Crippen LogP contribution >= 0.6 is 0 Å². The first kappa shape index (κ1) is 23.9. The number of ether oxygens (including phenoxy) is 3. The van der Waals surface area contributed by atoms with Crippen molar-refractivity contribution in [2.24, 2.45) is 5.41 Å². The third kappa shape index (κ3) is 4.69. The Balaban J connectivity index is 2.13. The molecule has 0 unspecified atom stereocenters. The maximum Gasteiger partial charge on any atom is 0.336 e. The Kier molecular flexibility index (Phi) is 7.32. The van der Waals surface area contributed by atoms with Gasteiger partial charge in [0.05, 0.1) is 32.3 Å². The van der Waals surface area contributed by atoms with Crippen molar-refractivity contribution in [1.82, 2.24) is 5.32 Å². The Hall–Kier alpha value is -2.76. The number of rotatable bonds is 8. The lowest BCUT2D eigenvalue weighted by Crippen LogP contribution is -2.38. The summed E-state index contributed by atoms with van der Waals surface area (Å²) >= 11 is 0. The quantitative estimate of drug-likeness (QED) is 0.450. The Morgan fingerprint density at radius 2 is 1.91 bits per heavy atom. The molecule has 1 aliphatic heterocycles. The Bertz CT molecular complexity index is 957. The number of dihydropyridines is 1. The van der Waals surface area contributed by atoms with Gasteiger partial charge in [0.2, 0.25) is 0 Å². The normalized spacial score (nSPS) is 19.9. The summed E-state index contributed by atoms with van der Waals surface area (Å²) in [5, 5.41) is 3.37. The van der Waals surface area contributed by atoms with Crippen LogP contribution in [-0.2, 0) is 14.3 Å². The average molecular weight is 442 g/mol. The molecular weight excluding hydrogens is 406 g/mol. The average Bonchev–Trinajstić information content (AvgIpc) is 2.74. The van der Waals surface area contributed by atoms with Crippen LogP contribution in [-0.4, -0.2) is 32.6 Å². The summed E-state index contributed by atoms with van der Waals surface area (Å²) in [7, 11) is 3.15. The fraction of sp³-hybridized carbons (Fsp3) is 0.538. The minimum absolute atomic E-state index is 0.0439. The molecule has 1 aromatic carbocycles. The van der Waals surface area contributed by atoms with Crippen molar-refractivity contribution >= 4 is 11.8 Å². The molecule has 1 aliphatic carbocycles. The molecule has 0 spiro atoms. The molecule has 0 fully saturated rings. The molecule has 0 saturated heterocycles. The maximum absolute atomic E-state index is 13.4. The predicted molar refractivity (Wildman–Crippen MR) is 124 cm³/mol. The van der Waals surface area contributed by atoms with Crippen molar-refractivity contribution < 1.29 is 23.8 Å². The number of esters is 1. The van der Waals surface area contributed by atoms with Crippen LogP contribution in [0, 0.1) is 5.41 Å². The van der Waals surface area contributed by atoms with E-state index in [0.717, 1.165) is 36.9 Å². The van der Waals surface area contributed by atoms with Crippen molar-refractivity contribution in [3.8, 4) is 11.5 Å². The van der Waals surface area contributed by atoms with Gasteiger partial charge in [-0.3, -0.25) is 4.79 Å². The highest BCUT2D eigenvalue weighted by molar-refractivity contribution is 6.04. The minimum atomic E-state index is -0.571. The summed E-state index contributed by atoms with van der Waals surface area (Å²) < 4.78 is 16.9. The predicted octanol–water partition coefficient (Wildman–Crippen LogP) is 5.04. The zero-order chi connectivity index (χ0) is 23.5. The van der Waals surface area contributed by atoms with E-state index in [1.165, 1.54) is 0 Å². The molecule has 1 N–H and O–H groups in total. The van der Waals surface area contributed by atoms with Crippen LogP contribution in [0.4, 0.5) is 0 Å². The summed E-state index contributed by atoms with van der Waals surface area (Å²) in [4.78, 5) is 26.7. The second-order valence-electron chi connectivity index (χ2n) is 9.36. The molecular formula is C26H35NO5. The number of carbonyl (C=O) groups is 2. The molecule has 1 atom stereocenters. The first-order valence-electron chi connectivity index (χ1n) is 11.4. The van der Waals surface area contributed by atoms with Crippen LogP contribution in [0.25, 0.3) is 0 Å². The van der Waals surface area contributed by atoms with Crippen LogP contribution in [0.15, 0.2) is 40.7 Å². The lowest BCUT2D eigenvalue weighted by molar-refractivity contribution is -0.139. The molecule has 0 bridgehead atoms. The zero-order valence-electron chi connectivity index (χ0n) is 20.1. The standard InChI is InChI=1S/C26H35NO5/c1-7-8-9-13-32-25(29)21-16(2)27-18-14-26(3,4)15-19(28)23(18)22(21)17-11-10-12-20(30-5)24(17)31-6/h10-12,22,27H,7-9,13-15H2,1-6H3/t22-/m0/s1. The highest BCUT2D eigenvalue weighted by Crippen LogP contribution is 2.50. The Labute approximate surface area is 191 Å². The van der Waals surface area contributed by atoms with E-state index < -0.39 is 11.9 Å². The van der Waals surface area contributed by atoms with Crippen LogP contribution in [0.1, 0.15) is 71.3 Å². The van der Waals surface area contributed by atoms with E-state index in [-0.39, 0.29) is 11.2 Å². The van der Waals surface area contributed by atoms with Crippen molar-refractivity contribution in [3.05, 3.63) is 46.3 Å². The van der Waals surface area contributed by atoms with Gasteiger partial charge in [0.15, 0.2) is 17.3 Å². The highest BCUT2D eigenvalue weighted by Gasteiger charge is 2.44. The Morgan fingerprint density at radius 3 is 2.56 bits per heavy atom. The fourth-order valence-corrected chi connectivity index (χ4v) is 4.75. The summed E-state index contributed by atoms with van der Waals surface area (Å²) in [6.07, 6.45) is 4.02. The van der Waals surface area contributed by atoms with Gasteiger partial charge in [0.25, 0.3) is 0 Å². The van der Waals surface area contributed by atoms with Gasteiger partial charge in [-0.1, -0.05) is 45.7 Å². The molecule has 6 nitrogen and oxygen atoms in total. The van der Waals surface area contributed by atoms with Crippen LogP contribution in [0.2, 0.25) is 0 Å². The molecule has 0 saturated carbocycles. The fourth-order valence-electron chi connectivity index (χ4n) is 4.75. The molecule has 1 aromatic rings. The molecule has 2 aliphatic rings. The molecule has 3 rings (SSSR count). The number of para-hydroxylation sites is 1. The summed E-state index contributed by atoms with van der Waals surface area (Å²) in [6.45, 7) is 8.52. The van der Waals surface area contributed by atoms with E-state index >= 15 is 0 Å². The van der Waals surface area contributed by atoms with E-state index in [4.69, 9.17) is 14.2 Å². The number of benzene rings is 1. The Morgan fingerprint density at radius 1 is 1.16 bits per heavy atom. The summed E-state index contributed by atoms with van der Waals surface area (Å²) in [5.74, 6) is 0.157. The van der Waals surface area contributed by atoms with Crippen molar-refractivity contribution in [3.63, 3.8) is 0 Å². The number of ketones is 1. The van der Waals surface area contributed by atoms with E-state index in [0.29, 0.717) is 41.4 Å². The molecule has 6 heteroatoms. The van der Waals surface area contributed by atoms with E-state index in [2.05, 4.69) is 26.1 Å². The first-order chi connectivity index (χ1) is 15.2. The number of allylic oxidation sites excluding steroid dienone is 3. The van der Waals surface area contributed by atoms with Gasteiger partial charge in [-0.2, -0.15) is 0 Å². The van der Waals surface area contributed by atoms with Crippen LogP contribution in [0.3, 0.4) is 0 Å². The maximum atomic E-state index is 13.4.